The maximum Gasteiger partial charge on any atom is 0.326 e. The highest BCUT2D eigenvalue weighted by molar-refractivity contribution is 7.98. The molecular weight excluding hydrogens is 474 g/mol. The lowest BCUT2D eigenvalue weighted by atomic mass is 10.0. The molecule has 9 N–H and O–H groups in total. The molecule has 0 spiro atoms. The van der Waals surface area contributed by atoms with Gasteiger partial charge >= 0.3 is 5.97 Å². The summed E-state index contributed by atoms with van der Waals surface area (Å²) in [6, 6.07) is 2.16. The van der Waals surface area contributed by atoms with E-state index >= 15 is 0 Å². The third-order valence-corrected chi connectivity index (χ3v) is 5.87. The van der Waals surface area contributed by atoms with E-state index in [9.17, 15) is 29.4 Å². The molecule has 3 amide bonds. The van der Waals surface area contributed by atoms with Crippen LogP contribution in [0.15, 0.2) is 24.3 Å². The number of nitrogens with one attached hydrogen (secondary N) is 3. The first-order valence-corrected chi connectivity index (χ1v) is 12.8. The van der Waals surface area contributed by atoms with E-state index in [1.807, 2.05) is 6.26 Å². The summed E-state index contributed by atoms with van der Waals surface area (Å²) in [5.41, 5.74) is 11.8. The van der Waals surface area contributed by atoms with Crippen molar-refractivity contribution in [1.29, 1.82) is 0 Å². The fourth-order valence-corrected chi connectivity index (χ4v) is 3.65. The van der Waals surface area contributed by atoms with Gasteiger partial charge in [-0.25, -0.2) is 4.79 Å². The molecule has 4 atom stereocenters. The number of carbonyl (C=O) groups excluding carboxylic acids is 3. The van der Waals surface area contributed by atoms with Gasteiger partial charge < -0.3 is 37.6 Å². The predicted octanol–water partition coefficient (Wildman–Crippen LogP) is -0.297. The Bertz CT molecular complexity index is 836. The van der Waals surface area contributed by atoms with Crippen LogP contribution < -0.4 is 27.4 Å². The van der Waals surface area contributed by atoms with E-state index in [1.165, 1.54) is 30.8 Å². The van der Waals surface area contributed by atoms with Crippen LogP contribution in [0.25, 0.3) is 0 Å². The summed E-state index contributed by atoms with van der Waals surface area (Å²) in [7, 11) is 0. The van der Waals surface area contributed by atoms with Crippen LogP contribution in [-0.2, 0) is 25.6 Å². The van der Waals surface area contributed by atoms with E-state index in [0.29, 0.717) is 30.7 Å². The van der Waals surface area contributed by atoms with Crippen molar-refractivity contribution in [1.82, 2.24) is 16.0 Å². The molecule has 0 heterocycles. The average Bonchev–Trinajstić information content (AvgIpc) is 2.81. The Balaban J connectivity index is 3.01. The molecule has 0 aliphatic carbocycles. The fourth-order valence-electron chi connectivity index (χ4n) is 3.18. The third kappa shape index (κ3) is 11.4. The number of hydrogen-bond acceptors (Lipinski definition) is 8. The smallest absolute Gasteiger partial charge is 0.326 e. The molecule has 4 unspecified atom stereocenters. The number of unbranched alkanes of at least 4 members (excludes halogenated alkanes) is 1. The number of carboxylic acid groups (broad SMARTS) is 1. The summed E-state index contributed by atoms with van der Waals surface area (Å²) >= 11 is 1.47. The van der Waals surface area contributed by atoms with Crippen molar-refractivity contribution in [3.8, 4) is 5.75 Å². The molecule has 0 fully saturated rings. The second-order valence-corrected chi connectivity index (χ2v) is 9.23. The molecule has 0 saturated carbocycles. The first kappa shape index (κ1) is 30.2. The second kappa shape index (κ2) is 16.0. The van der Waals surface area contributed by atoms with Gasteiger partial charge in [0.25, 0.3) is 0 Å². The lowest BCUT2D eigenvalue weighted by molar-refractivity contribution is -0.142. The Morgan fingerprint density at radius 2 is 1.49 bits per heavy atom. The number of benzene rings is 1. The number of hydrogen-bond donors (Lipinski definition) is 7. The highest BCUT2D eigenvalue weighted by Gasteiger charge is 2.29. The number of carbonyl (C=O) groups is 4. The molecule has 0 saturated heterocycles. The molecular formula is C23H37N5O6S. The van der Waals surface area contributed by atoms with Gasteiger partial charge in [-0.3, -0.25) is 14.4 Å². The Hall–Kier alpha value is -2.83. The van der Waals surface area contributed by atoms with Gasteiger partial charge in [0.1, 0.15) is 23.9 Å². The number of rotatable bonds is 16. The van der Waals surface area contributed by atoms with Crippen LogP contribution in [0.3, 0.4) is 0 Å². The number of aliphatic carboxylic acids is 1. The lowest BCUT2D eigenvalue weighted by Crippen LogP contribution is -2.57. The minimum Gasteiger partial charge on any atom is -0.508 e. The normalized spacial score (nSPS) is 14.3. The van der Waals surface area contributed by atoms with Crippen molar-refractivity contribution < 1.29 is 29.4 Å². The van der Waals surface area contributed by atoms with Crippen LogP contribution in [0, 0.1) is 0 Å². The zero-order valence-corrected chi connectivity index (χ0v) is 21.0. The highest BCUT2D eigenvalue weighted by Crippen LogP contribution is 2.12. The average molecular weight is 512 g/mol. The zero-order valence-electron chi connectivity index (χ0n) is 20.2. The fraction of sp³-hybridized carbons (Fsp3) is 0.565. The van der Waals surface area contributed by atoms with Gasteiger partial charge in [-0.1, -0.05) is 12.1 Å². The van der Waals surface area contributed by atoms with Gasteiger partial charge in [0.2, 0.25) is 17.7 Å². The van der Waals surface area contributed by atoms with Crippen LogP contribution >= 0.6 is 11.8 Å². The molecule has 0 aliphatic rings. The number of aromatic hydroxyl groups is 1. The monoisotopic (exact) mass is 511 g/mol. The molecule has 0 bridgehead atoms. The Kier molecular flexibility index (Phi) is 13.8. The van der Waals surface area contributed by atoms with Gasteiger partial charge in [-0.15, -0.1) is 0 Å². The molecule has 35 heavy (non-hydrogen) atoms. The van der Waals surface area contributed by atoms with Gasteiger partial charge in [0.05, 0.1) is 6.04 Å². The molecule has 1 aromatic rings. The van der Waals surface area contributed by atoms with E-state index < -0.39 is 47.9 Å². The summed E-state index contributed by atoms with van der Waals surface area (Å²) in [5, 5.41) is 26.7. The van der Waals surface area contributed by atoms with Gasteiger partial charge in [0.15, 0.2) is 0 Å². The minimum absolute atomic E-state index is 0.0580. The van der Waals surface area contributed by atoms with E-state index in [0.717, 1.165) is 0 Å². The van der Waals surface area contributed by atoms with Crippen LogP contribution in [0.4, 0.5) is 0 Å². The Labute approximate surface area is 209 Å². The summed E-state index contributed by atoms with van der Waals surface area (Å²) < 4.78 is 0. The summed E-state index contributed by atoms with van der Waals surface area (Å²) in [6.07, 6.45) is 3.59. The van der Waals surface area contributed by atoms with Gasteiger partial charge in [-0.05, 0) is 68.9 Å². The Morgan fingerprint density at radius 1 is 0.914 bits per heavy atom. The van der Waals surface area contributed by atoms with Crippen molar-refractivity contribution in [2.75, 3.05) is 18.6 Å². The summed E-state index contributed by atoms with van der Waals surface area (Å²) in [4.78, 5) is 49.9. The quantitative estimate of drug-likeness (QED) is 0.146. The Morgan fingerprint density at radius 3 is 2.03 bits per heavy atom. The largest absolute Gasteiger partial charge is 0.508 e. The number of phenols is 1. The maximum absolute atomic E-state index is 13.1. The van der Waals surface area contributed by atoms with Crippen LogP contribution in [0.2, 0.25) is 0 Å². The van der Waals surface area contributed by atoms with Crippen LogP contribution in [0.5, 0.6) is 5.75 Å². The third-order valence-electron chi connectivity index (χ3n) is 5.23. The first-order chi connectivity index (χ1) is 16.6. The minimum atomic E-state index is -1.17. The predicted molar refractivity (Wildman–Crippen MR) is 135 cm³/mol. The molecule has 0 aromatic heterocycles. The standard InChI is InChI=1S/C23H37N5O6S/c1-14(25)20(30)28-19(13-15-6-8-16(29)9-7-15)22(32)26-17(10-12-35-2)21(31)27-18(23(33)34)5-3-4-11-24/h6-9,14,17-19,29H,3-5,10-13,24-25H2,1-2H3,(H,26,32)(H,27,31)(H,28,30)(H,33,34). The van der Waals surface area contributed by atoms with Crippen LogP contribution in [0.1, 0.15) is 38.2 Å². The number of phenolic OH excluding ortho intramolecular Hbond substituents is 1. The summed E-state index contributed by atoms with van der Waals surface area (Å²) in [6.45, 7) is 1.90. The van der Waals surface area contributed by atoms with Crippen molar-refractivity contribution in [2.24, 2.45) is 11.5 Å². The van der Waals surface area contributed by atoms with E-state index in [-0.39, 0.29) is 25.0 Å². The molecule has 12 heteroatoms. The van der Waals surface area contributed by atoms with E-state index in [1.54, 1.807) is 12.1 Å². The van der Waals surface area contributed by atoms with E-state index in [2.05, 4.69) is 16.0 Å². The molecule has 0 aliphatic heterocycles. The number of thioether (sulfide) groups is 1. The highest BCUT2D eigenvalue weighted by atomic mass is 32.2. The van der Waals surface area contributed by atoms with Crippen molar-refractivity contribution >= 4 is 35.5 Å². The van der Waals surface area contributed by atoms with Gasteiger partial charge in [0, 0.05) is 6.42 Å². The van der Waals surface area contributed by atoms with Crippen molar-refractivity contribution in [3.63, 3.8) is 0 Å². The SMILES string of the molecule is CSCCC(NC(=O)C(Cc1ccc(O)cc1)NC(=O)C(C)N)C(=O)NC(CCCCN)C(=O)O. The van der Waals surface area contributed by atoms with Gasteiger partial charge in [-0.2, -0.15) is 11.8 Å². The zero-order chi connectivity index (χ0) is 26.4. The van der Waals surface area contributed by atoms with Crippen molar-refractivity contribution in [3.05, 3.63) is 29.8 Å². The maximum atomic E-state index is 13.1. The molecule has 11 nitrogen and oxygen atoms in total. The molecule has 0 radical (unpaired) electrons. The van der Waals surface area contributed by atoms with E-state index in [4.69, 9.17) is 11.5 Å². The number of carboxylic acids is 1. The summed E-state index contributed by atoms with van der Waals surface area (Å²) in [5.74, 6) is -2.34. The lowest BCUT2D eigenvalue weighted by Gasteiger charge is -2.25. The first-order valence-electron chi connectivity index (χ1n) is 11.4. The topological polar surface area (TPSA) is 197 Å². The molecule has 1 aromatic carbocycles. The second-order valence-electron chi connectivity index (χ2n) is 8.25. The number of amides is 3. The molecule has 196 valence electrons. The van der Waals surface area contributed by atoms with Crippen molar-refractivity contribution in [2.45, 2.75) is 63.2 Å². The number of nitrogens with two attached hydrogens (primary N) is 2. The molecule has 1 rings (SSSR count). The van der Waals surface area contributed by atoms with Crippen LogP contribution in [-0.4, -0.2) is 76.6 Å².